The predicted octanol–water partition coefficient (Wildman–Crippen LogP) is 1.51. The van der Waals surface area contributed by atoms with E-state index in [1.807, 2.05) is 0 Å². The van der Waals surface area contributed by atoms with Gasteiger partial charge in [0.1, 0.15) is 0 Å². The van der Waals surface area contributed by atoms with Gasteiger partial charge in [0.05, 0.1) is 19.3 Å². The summed E-state index contributed by atoms with van der Waals surface area (Å²) in [5.74, 6) is 0.691. The van der Waals surface area contributed by atoms with Crippen LogP contribution in [0.15, 0.2) is 4.99 Å². The molecule has 2 fully saturated rings. The van der Waals surface area contributed by atoms with E-state index in [9.17, 15) is 0 Å². The zero-order valence-electron chi connectivity index (χ0n) is 12.8. The van der Waals surface area contributed by atoms with Gasteiger partial charge in [-0.15, -0.1) is 24.0 Å². The zero-order valence-corrected chi connectivity index (χ0v) is 15.1. The summed E-state index contributed by atoms with van der Waals surface area (Å²) in [7, 11) is 0. The molecule has 20 heavy (non-hydrogen) atoms. The quantitative estimate of drug-likeness (QED) is 0.447. The Bertz CT molecular complexity index is 314. The molecule has 0 aromatic carbocycles. The van der Waals surface area contributed by atoms with Gasteiger partial charge in [0.2, 0.25) is 0 Å². The Balaban J connectivity index is 0.00000200. The predicted molar refractivity (Wildman–Crippen MR) is 93.8 cm³/mol. The van der Waals surface area contributed by atoms with Crippen LogP contribution in [-0.4, -0.2) is 67.2 Å². The topological polar surface area (TPSA) is 54.1 Å². The van der Waals surface area contributed by atoms with E-state index in [1.165, 1.54) is 25.8 Å². The van der Waals surface area contributed by atoms with Crippen LogP contribution < -0.4 is 5.73 Å². The number of aliphatic imine (C=N–C) groups is 1. The minimum absolute atomic E-state index is 0. The van der Waals surface area contributed by atoms with E-state index in [4.69, 9.17) is 10.5 Å². The number of morpholine rings is 1. The van der Waals surface area contributed by atoms with Gasteiger partial charge in [0.25, 0.3) is 0 Å². The van der Waals surface area contributed by atoms with Crippen LogP contribution in [0.3, 0.4) is 0 Å². The fourth-order valence-electron chi connectivity index (χ4n) is 3.01. The lowest BCUT2D eigenvalue weighted by atomic mass is 10.0. The Morgan fingerprint density at radius 3 is 2.85 bits per heavy atom. The van der Waals surface area contributed by atoms with Gasteiger partial charge in [-0.2, -0.15) is 0 Å². The average molecular weight is 396 g/mol. The molecule has 5 nitrogen and oxygen atoms in total. The first-order valence-corrected chi connectivity index (χ1v) is 7.61. The molecule has 2 aliphatic heterocycles. The number of rotatable bonds is 3. The van der Waals surface area contributed by atoms with Crippen molar-refractivity contribution in [2.24, 2.45) is 10.7 Å². The highest BCUT2D eigenvalue weighted by Crippen LogP contribution is 2.16. The fraction of sp³-hybridized carbons (Fsp3) is 0.929. The molecule has 2 rings (SSSR count). The molecule has 0 radical (unpaired) electrons. The van der Waals surface area contributed by atoms with Gasteiger partial charge in [-0.25, -0.2) is 0 Å². The molecule has 0 saturated carbocycles. The summed E-state index contributed by atoms with van der Waals surface area (Å²) in [6, 6.07) is 0.579. The van der Waals surface area contributed by atoms with E-state index in [-0.39, 0.29) is 30.1 Å². The summed E-state index contributed by atoms with van der Waals surface area (Å²) >= 11 is 0. The van der Waals surface area contributed by atoms with Crippen LogP contribution in [0.5, 0.6) is 0 Å². The molecule has 6 heteroatoms. The zero-order chi connectivity index (χ0) is 13.7. The van der Waals surface area contributed by atoms with Crippen LogP contribution in [0.1, 0.15) is 33.1 Å². The summed E-state index contributed by atoms with van der Waals surface area (Å²) in [6.45, 7) is 9.96. The number of likely N-dealkylation sites (N-methyl/N-ethyl adjacent to an activating group) is 1. The molecule has 0 aromatic heterocycles. The van der Waals surface area contributed by atoms with Gasteiger partial charge in [-0.1, -0.05) is 13.3 Å². The maximum absolute atomic E-state index is 6.12. The highest BCUT2D eigenvalue weighted by molar-refractivity contribution is 14.0. The number of guanidine groups is 1. The van der Waals surface area contributed by atoms with Crippen molar-refractivity contribution in [1.29, 1.82) is 0 Å². The summed E-state index contributed by atoms with van der Waals surface area (Å²) in [5, 5.41) is 0. The molecule has 2 saturated heterocycles. The number of piperidine rings is 1. The third-order valence-corrected chi connectivity index (χ3v) is 4.18. The van der Waals surface area contributed by atoms with Crippen LogP contribution in [-0.2, 0) is 4.74 Å². The van der Waals surface area contributed by atoms with Crippen LogP contribution in [0.4, 0.5) is 0 Å². The molecule has 2 heterocycles. The van der Waals surface area contributed by atoms with Crippen molar-refractivity contribution >= 4 is 29.9 Å². The lowest BCUT2D eigenvalue weighted by molar-refractivity contribution is 0.00523. The summed E-state index contributed by atoms with van der Waals surface area (Å²) in [5.41, 5.74) is 6.12. The SMILES string of the molecule is CCN1CCCCC1CN=C(N)N1CCOC(C)C1.I. The van der Waals surface area contributed by atoms with Crippen molar-refractivity contribution in [2.45, 2.75) is 45.3 Å². The first-order chi connectivity index (χ1) is 9.20. The summed E-state index contributed by atoms with van der Waals surface area (Å²) in [6.07, 6.45) is 4.16. The van der Waals surface area contributed by atoms with E-state index in [1.54, 1.807) is 0 Å². The number of ether oxygens (including phenoxy) is 1. The van der Waals surface area contributed by atoms with Crippen molar-refractivity contribution in [3.05, 3.63) is 0 Å². The number of nitrogens with two attached hydrogens (primary N) is 1. The average Bonchev–Trinajstić information content (AvgIpc) is 2.45. The van der Waals surface area contributed by atoms with E-state index < -0.39 is 0 Å². The highest BCUT2D eigenvalue weighted by atomic mass is 127. The van der Waals surface area contributed by atoms with Crippen molar-refractivity contribution < 1.29 is 4.74 Å². The van der Waals surface area contributed by atoms with Crippen molar-refractivity contribution in [3.63, 3.8) is 0 Å². The number of hydrogen-bond donors (Lipinski definition) is 1. The van der Waals surface area contributed by atoms with Crippen LogP contribution in [0, 0.1) is 0 Å². The van der Waals surface area contributed by atoms with Crippen LogP contribution >= 0.6 is 24.0 Å². The smallest absolute Gasteiger partial charge is 0.191 e. The van der Waals surface area contributed by atoms with E-state index in [2.05, 4.69) is 28.6 Å². The Morgan fingerprint density at radius 1 is 1.35 bits per heavy atom. The van der Waals surface area contributed by atoms with E-state index in [0.29, 0.717) is 12.0 Å². The number of likely N-dealkylation sites (tertiary alicyclic amines) is 1. The van der Waals surface area contributed by atoms with E-state index >= 15 is 0 Å². The van der Waals surface area contributed by atoms with Crippen LogP contribution in [0.2, 0.25) is 0 Å². The van der Waals surface area contributed by atoms with Crippen molar-refractivity contribution in [1.82, 2.24) is 9.80 Å². The second-order valence-corrected chi connectivity index (χ2v) is 5.60. The summed E-state index contributed by atoms with van der Waals surface area (Å²) in [4.78, 5) is 9.30. The monoisotopic (exact) mass is 396 g/mol. The Labute approximate surface area is 139 Å². The lowest BCUT2D eigenvalue weighted by Crippen LogP contribution is -2.48. The molecule has 2 aliphatic rings. The maximum atomic E-state index is 6.12. The Hall–Kier alpha value is -0.0800. The maximum Gasteiger partial charge on any atom is 0.191 e. The van der Waals surface area contributed by atoms with Gasteiger partial charge in [0, 0.05) is 19.1 Å². The highest BCUT2D eigenvalue weighted by Gasteiger charge is 2.22. The standard InChI is InChI=1S/C14H28N4O.HI/c1-3-17-7-5-4-6-13(17)10-16-14(15)18-8-9-19-12(2)11-18;/h12-13H,3-11H2,1-2H3,(H2,15,16);1H. The number of halogens is 1. The number of hydrogen-bond acceptors (Lipinski definition) is 3. The summed E-state index contributed by atoms with van der Waals surface area (Å²) < 4.78 is 5.53. The molecule has 2 N–H and O–H groups in total. The molecular weight excluding hydrogens is 367 g/mol. The molecule has 0 aromatic rings. The lowest BCUT2D eigenvalue weighted by Gasteiger charge is -2.35. The third-order valence-electron chi connectivity index (χ3n) is 4.18. The first-order valence-electron chi connectivity index (χ1n) is 7.61. The molecular formula is C14H29IN4O. The second-order valence-electron chi connectivity index (χ2n) is 5.60. The molecule has 0 aliphatic carbocycles. The minimum Gasteiger partial charge on any atom is -0.375 e. The minimum atomic E-state index is 0. The van der Waals surface area contributed by atoms with E-state index in [0.717, 1.165) is 32.8 Å². The Kier molecular flexibility index (Phi) is 8.13. The van der Waals surface area contributed by atoms with Gasteiger partial charge in [-0.3, -0.25) is 9.89 Å². The van der Waals surface area contributed by atoms with Gasteiger partial charge in [0.15, 0.2) is 5.96 Å². The van der Waals surface area contributed by atoms with Gasteiger partial charge >= 0.3 is 0 Å². The Morgan fingerprint density at radius 2 is 2.15 bits per heavy atom. The normalized spacial score (nSPS) is 29.1. The van der Waals surface area contributed by atoms with Gasteiger partial charge in [-0.05, 0) is 32.9 Å². The number of nitrogens with zero attached hydrogens (tertiary/aromatic N) is 3. The van der Waals surface area contributed by atoms with Gasteiger partial charge < -0.3 is 15.4 Å². The third kappa shape index (κ3) is 5.04. The molecule has 2 atom stereocenters. The largest absolute Gasteiger partial charge is 0.375 e. The second kappa shape index (κ2) is 9.04. The first kappa shape index (κ1) is 18.0. The molecule has 2 unspecified atom stereocenters. The fourth-order valence-corrected chi connectivity index (χ4v) is 3.01. The van der Waals surface area contributed by atoms with Crippen LogP contribution in [0.25, 0.3) is 0 Å². The molecule has 0 bridgehead atoms. The van der Waals surface area contributed by atoms with Crippen molar-refractivity contribution in [3.8, 4) is 0 Å². The molecule has 118 valence electrons. The molecule has 0 spiro atoms. The molecule has 0 amide bonds. The van der Waals surface area contributed by atoms with Crippen molar-refractivity contribution in [2.75, 3.05) is 39.3 Å².